The van der Waals surface area contributed by atoms with Crippen molar-refractivity contribution in [1.29, 1.82) is 0 Å². The third-order valence-corrected chi connectivity index (χ3v) is 2.64. The number of halogens is 2. The van der Waals surface area contributed by atoms with Crippen LogP contribution in [-0.4, -0.2) is 49.1 Å². The van der Waals surface area contributed by atoms with Crippen LogP contribution in [-0.2, 0) is 9.53 Å². The Morgan fingerprint density at radius 2 is 2.06 bits per heavy atom. The molecule has 2 unspecified atom stereocenters. The summed E-state index contributed by atoms with van der Waals surface area (Å²) in [4.78, 5) is 13.0. The van der Waals surface area contributed by atoms with Gasteiger partial charge in [0.05, 0.1) is 13.2 Å². The molecule has 0 aromatic heterocycles. The van der Waals surface area contributed by atoms with Crippen molar-refractivity contribution in [2.24, 2.45) is 5.73 Å². The number of nitrogens with zero attached hydrogens (tertiary/aromatic N) is 1. The van der Waals surface area contributed by atoms with E-state index in [0.717, 1.165) is 0 Å². The molecular formula is C11H22F2N2O2. The summed E-state index contributed by atoms with van der Waals surface area (Å²) in [5.41, 5.74) is 4.68. The molecule has 0 saturated carbocycles. The molecule has 0 saturated heterocycles. The number of ether oxygens (including phenoxy) is 1. The molecule has 0 aliphatic carbocycles. The quantitative estimate of drug-likeness (QED) is 0.693. The number of hydrogen-bond donors (Lipinski definition) is 1. The fourth-order valence-corrected chi connectivity index (χ4v) is 1.55. The standard InChI is InChI=1S/C11H22F2N2O2/c1-5-17-10(16)11(3,14)6-8(2)15(4)7-9(12)13/h8-9H,5-7,14H2,1-4H3. The third kappa shape index (κ3) is 5.93. The third-order valence-electron chi connectivity index (χ3n) is 2.64. The average molecular weight is 252 g/mol. The molecule has 17 heavy (non-hydrogen) atoms. The molecule has 2 atom stereocenters. The smallest absolute Gasteiger partial charge is 0.325 e. The van der Waals surface area contributed by atoms with Gasteiger partial charge in [-0.3, -0.25) is 9.69 Å². The van der Waals surface area contributed by atoms with Crippen molar-refractivity contribution in [2.45, 2.75) is 45.2 Å². The predicted octanol–water partition coefficient (Wildman–Crippen LogP) is 1.24. The molecule has 2 N–H and O–H groups in total. The van der Waals surface area contributed by atoms with E-state index in [1.54, 1.807) is 27.8 Å². The Labute approximate surface area is 101 Å². The van der Waals surface area contributed by atoms with E-state index in [1.807, 2.05) is 0 Å². The van der Waals surface area contributed by atoms with Gasteiger partial charge in [0.25, 0.3) is 6.43 Å². The second-order valence-corrected chi connectivity index (χ2v) is 4.52. The zero-order chi connectivity index (χ0) is 13.6. The number of nitrogens with two attached hydrogens (primary N) is 1. The largest absolute Gasteiger partial charge is 0.465 e. The molecule has 0 aliphatic heterocycles. The topological polar surface area (TPSA) is 55.6 Å². The van der Waals surface area contributed by atoms with Gasteiger partial charge in [-0.05, 0) is 34.2 Å². The number of esters is 1. The summed E-state index contributed by atoms with van der Waals surface area (Å²) in [5.74, 6) is -0.503. The van der Waals surface area contributed by atoms with Crippen molar-refractivity contribution in [1.82, 2.24) is 4.90 Å². The summed E-state index contributed by atoms with van der Waals surface area (Å²) in [7, 11) is 1.58. The first-order valence-electron chi connectivity index (χ1n) is 5.65. The van der Waals surface area contributed by atoms with Crippen LogP contribution in [0.1, 0.15) is 27.2 Å². The van der Waals surface area contributed by atoms with Gasteiger partial charge >= 0.3 is 5.97 Å². The van der Waals surface area contributed by atoms with Crippen molar-refractivity contribution >= 4 is 5.97 Å². The number of hydrogen-bond acceptors (Lipinski definition) is 4. The molecule has 0 aromatic carbocycles. The van der Waals surface area contributed by atoms with E-state index >= 15 is 0 Å². The highest BCUT2D eigenvalue weighted by molar-refractivity contribution is 5.80. The summed E-state index contributed by atoms with van der Waals surface area (Å²) >= 11 is 0. The maximum atomic E-state index is 12.2. The van der Waals surface area contributed by atoms with Crippen LogP contribution in [0.5, 0.6) is 0 Å². The minimum atomic E-state index is -2.39. The van der Waals surface area contributed by atoms with E-state index in [0.29, 0.717) is 0 Å². The number of carbonyl (C=O) groups is 1. The molecule has 102 valence electrons. The van der Waals surface area contributed by atoms with Crippen LogP contribution in [0.25, 0.3) is 0 Å². The maximum Gasteiger partial charge on any atom is 0.325 e. The molecule has 0 aliphatic rings. The second-order valence-electron chi connectivity index (χ2n) is 4.52. The van der Waals surface area contributed by atoms with Gasteiger partial charge in [0.15, 0.2) is 0 Å². The van der Waals surface area contributed by atoms with Gasteiger partial charge in [-0.25, -0.2) is 8.78 Å². The van der Waals surface area contributed by atoms with Crippen LogP contribution in [0.15, 0.2) is 0 Å². The van der Waals surface area contributed by atoms with Crippen molar-refractivity contribution in [3.63, 3.8) is 0 Å². The first-order chi connectivity index (χ1) is 7.70. The van der Waals surface area contributed by atoms with E-state index in [4.69, 9.17) is 10.5 Å². The van der Waals surface area contributed by atoms with Crippen LogP contribution in [0.2, 0.25) is 0 Å². The highest BCUT2D eigenvalue weighted by Gasteiger charge is 2.33. The summed E-state index contributed by atoms with van der Waals surface area (Å²) in [5, 5.41) is 0. The first-order valence-corrected chi connectivity index (χ1v) is 5.65. The minimum absolute atomic E-state index is 0.219. The molecule has 0 heterocycles. The van der Waals surface area contributed by atoms with Crippen molar-refractivity contribution in [3.8, 4) is 0 Å². The van der Waals surface area contributed by atoms with Gasteiger partial charge < -0.3 is 10.5 Å². The zero-order valence-corrected chi connectivity index (χ0v) is 10.9. The molecular weight excluding hydrogens is 230 g/mol. The maximum absolute atomic E-state index is 12.2. The lowest BCUT2D eigenvalue weighted by molar-refractivity contribution is -0.149. The molecule has 0 aromatic rings. The SMILES string of the molecule is CCOC(=O)C(C)(N)CC(C)N(C)CC(F)F. The zero-order valence-electron chi connectivity index (χ0n) is 10.9. The highest BCUT2D eigenvalue weighted by atomic mass is 19.3. The van der Waals surface area contributed by atoms with Crippen LogP contribution in [0, 0.1) is 0 Å². The van der Waals surface area contributed by atoms with Gasteiger partial charge in [-0.2, -0.15) is 0 Å². The highest BCUT2D eigenvalue weighted by Crippen LogP contribution is 2.15. The first kappa shape index (κ1) is 16.2. The van der Waals surface area contributed by atoms with Gasteiger partial charge in [0.1, 0.15) is 5.54 Å². The lowest BCUT2D eigenvalue weighted by Crippen LogP contribution is -2.51. The fraction of sp³-hybridized carbons (Fsp3) is 0.909. The second kappa shape index (κ2) is 6.86. The van der Waals surface area contributed by atoms with E-state index in [-0.39, 0.29) is 25.6 Å². The lowest BCUT2D eigenvalue weighted by atomic mass is 9.94. The van der Waals surface area contributed by atoms with E-state index in [9.17, 15) is 13.6 Å². The Bertz CT molecular complexity index is 248. The fourth-order valence-electron chi connectivity index (χ4n) is 1.55. The Kier molecular flexibility index (Phi) is 6.56. The van der Waals surface area contributed by atoms with Crippen LogP contribution >= 0.6 is 0 Å². The Morgan fingerprint density at radius 1 is 1.53 bits per heavy atom. The molecule has 0 bridgehead atoms. The summed E-state index contributed by atoms with van der Waals surface area (Å²) in [6.45, 7) is 4.93. The number of rotatable bonds is 7. The number of alkyl halides is 2. The molecule has 6 heteroatoms. The normalized spacial score (nSPS) is 17.0. The van der Waals surface area contributed by atoms with Gasteiger partial charge in [-0.1, -0.05) is 0 Å². The van der Waals surface area contributed by atoms with Crippen molar-refractivity contribution in [2.75, 3.05) is 20.2 Å². The Morgan fingerprint density at radius 3 is 2.47 bits per heavy atom. The van der Waals surface area contributed by atoms with Gasteiger partial charge in [0, 0.05) is 6.04 Å². The van der Waals surface area contributed by atoms with Gasteiger partial charge in [0.2, 0.25) is 0 Å². The summed E-state index contributed by atoms with van der Waals surface area (Å²) < 4.78 is 29.2. The molecule has 0 spiro atoms. The van der Waals surface area contributed by atoms with Crippen molar-refractivity contribution < 1.29 is 18.3 Å². The molecule has 4 nitrogen and oxygen atoms in total. The van der Waals surface area contributed by atoms with Crippen LogP contribution in [0.3, 0.4) is 0 Å². The van der Waals surface area contributed by atoms with E-state index in [2.05, 4.69) is 0 Å². The van der Waals surface area contributed by atoms with Crippen LogP contribution in [0.4, 0.5) is 8.78 Å². The molecule has 0 rings (SSSR count). The molecule has 0 amide bonds. The van der Waals surface area contributed by atoms with Gasteiger partial charge in [-0.15, -0.1) is 0 Å². The Hall–Kier alpha value is -0.750. The summed E-state index contributed by atoms with van der Waals surface area (Å²) in [6, 6.07) is -0.219. The van der Waals surface area contributed by atoms with Crippen molar-refractivity contribution in [3.05, 3.63) is 0 Å². The average Bonchev–Trinajstić information content (AvgIpc) is 2.16. The van der Waals surface area contributed by atoms with Crippen LogP contribution < -0.4 is 5.73 Å². The Balaban J connectivity index is 4.34. The molecule has 0 fully saturated rings. The lowest BCUT2D eigenvalue weighted by Gasteiger charge is -2.31. The summed E-state index contributed by atoms with van der Waals surface area (Å²) in [6.07, 6.45) is -2.12. The van der Waals surface area contributed by atoms with E-state index < -0.39 is 17.9 Å². The monoisotopic (exact) mass is 252 g/mol. The molecule has 0 radical (unpaired) electrons. The number of carbonyl (C=O) groups excluding carboxylic acids is 1. The predicted molar refractivity (Wildman–Crippen MR) is 61.9 cm³/mol. The van der Waals surface area contributed by atoms with E-state index in [1.165, 1.54) is 4.90 Å². The minimum Gasteiger partial charge on any atom is -0.465 e.